The van der Waals surface area contributed by atoms with E-state index in [0.29, 0.717) is 41.5 Å². The van der Waals surface area contributed by atoms with Crippen molar-refractivity contribution in [2.75, 3.05) is 34.5 Å². The molecule has 1 amide bonds. The van der Waals surface area contributed by atoms with Crippen LogP contribution in [0.25, 0.3) is 0 Å². The molecule has 29 heavy (non-hydrogen) atoms. The zero-order valence-corrected chi connectivity index (χ0v) is 16.9. The minimum Gasteiger partial charge on any atom is -0.493 e. The third kappa shape index (κ3) is 4.79. The van der Waals surface area contributed by atoms with Gasteiger partial charge >= 0.3 is 0 Å². The molecule has 0 radical (unpaired) electrons. The molecule has 1 heterocycles. The van der Waals surface area contributed by atoms with E-state index in [1.165, 1.54) is 27.4 Å². The number of hydrogen-bond donors (Lipinski definition) is 0. The van der Waals surface area contributed by atoms with Crippen LogP contribution in [-0.2, 0) is 11.3 Å². The Hall–Kier alpha value is -2.80. The van der Waals surface area contributed by atoms with Crippen molar-refractivity contribution in [2.24, 2.45) is 0 Å². The number of carbonyl (C=O) groups is 1. The van der Waals surface area contributed by atoms with Crippen LogP contribution in [-0.4, -0.2) is 51.4 Å². The van der Waals surface area contributed by atoms with Crippen molar-refractivity contribution in [1.29, 1.82) is 0 Å². The fraction of sp³-hybridized carbons (Fsp3) is 0.409. The molecule has 156 valence electrons. The highest BCUT2D eigenvalue weighted by Crippen LogP contribution is 2.38. The summed E-state index contributed by atoms with van der Waals surface area (Å²) in [5.74, 6) is 0.577. The van der Waals surface area contributed by atoms with Gasteiger partial charge < -0.3 is 23.8 Å². The molecule has 6 nitrogen and oxygen atoms in total. The van der Waals surface area contributed by atoms with E-state index in [2.05, 4.69) is 0 Å². The Morgan fingerprint density at radius 3 is 2.38 bits per heavy atom. The molecule has 3 rings (SSSR count). The number of halogens is 1. The van der Waals surface area contributed by atoms with E-state index >= 15 is 0 Å². The monoisotopic (exact) mass is 403 g/mol. The maximum atomic E-state index is 14.2. The molecule has 0 aromatic heterocycles. The summed E-state index contributed by atoms with van der Waals surface area (Å²) in [6.45, 7) is 1.20. The third-order valence-corrected chi connectivity index (χ3v) is 4.97. The first-order valence-corrected chi connectivity index (χ1v) is 9.51. The zero-order chi connectivity index (χ0) is 20.8. The molecule has 0 bridgehead atoms. The molecule has 0 N–H and O–H groups in total. The lowest BCUT2D eigenvalue weighted by atomic mass is 10.1. The highest BCUT2D eigenvalue weighted by molar-refractivity contribution is 5.95. The maximum absolute atomic E-state index is 14.2. The molecule has 1 unspecified atom stereocenters. The van der Waals surface area contributed by atoms with Gasteiger partial charge in [-0.05, 0) is 31.0 Å². The Kier molecular flexibility index (Phi) is 6.93. The fourth-order valence-electron chi connectivity index (χ4n) is 3.47. The van der Waals surface area contributed by atoms with E-state index in [1.54, 1.807) is 35.2 Å². The summed E-state index contributed by atoms with van der Waals surface area (Å²) in [6, 6.07) is 9.67. The van der Waals surface area contributed by atoms with Gasteiger partial charge in [-0.1, -0.05) is 18.2 Å². The highest BCUT2D eigenvalue weighted by atomic mass is 19.1. The van der Waals surface area contributed by atoms with Gasteiger partial charge in [-0.25, -0.2) is 4.39 Å². The number of methoxy groups -OCH3 is 3. The number of rotatable bonds is 8. The Bertz CT molecular complexity index is 826. The summed E-state index contributed by atoms with van der Waals surface area (Å²) in [4.78, 5) is 15.0. The molecule has 2 aromatic rings. The van der Waals surface area contributed by atoms with Crippen LogP contribution in [0.3, 0.4) is 0 Å². The Balaban J connectivity index is 1.94. The van der Waals surface area contributed by atoms with E-state index in [9.17, 15) is 9.18 Å². The van der Waals surface area contributed by atoms with Crippen LogP contribution in [0, 0.1) is 5.82 Å². The molecular formula is C22H26FNO5. The minimum atomic E-state index is -0.345. The Morgan fingerprint density at radius 1 is 1.14 bits per heavy atom. The van der Waals surface area contributed by atoms with E-state index in [4.69, 9.17) is 18.9 Å². The van der Waals surface area contributed by atoms with Crippen molar-refractivity contribution in [2.45, 2.75) is 25.5 Å². The second kappa shape index (κ2) is 9.60. The van der Waals surface area contributed by atoms with Crippen LogP contribution in [0.1, 0.15) is 28.8 Å². The van der Waals surface area contributed by atoms with Gasteiger partial charge in [0.25, 0.3) is 5.91 Å². The van der Waals surface area contributed by atoms with Gasteiger partial charge in [0.1, 0.15) is 5.82 Å². The minimum absolute atomic E-state index is 0.0623. The van der Waals surface area contributed by atoms with Crippen molar-refractivity contribution < 1.29 is 28.1 Å². The predicted octanol–water partition coefficient (Wildman–Crippen LogP) is 3.67. The third-order valence-electron chi connectivity index (χ3n) is 4.97. The topological polar surface area (TPSA) is 57.2 Å². The van der Waals surface area contributed by atoms with Crippen molar-refractivity contribution in [1.82, 2.24) is 4.90 Å². The molecule has 1 atom stereocenters. The van der Waals surface area contributed by atoms with Gasteiger partial charge in [-0.2, -0.15) is 0 Å². The van der Waals surface area contributed by atoms with Crippen LogP contribution >= 0.6 is 0 Å². The molecule has 1 fully saturated rings. The van der Waals surface area contributed by atoms with Gasteiger partial charge in [0.15, 0.2) is 11.5 Å². The molecule has 1 aliphatic heterocycles. The highest BCUT2D eigenvalue weighted by Gasteiger charge is 2.26. The van der Waals surface area contributed by atoms with Gasteiger partial charge in [-0.3, -0.25) is 4.79 Å². The summed E-state index contributed by atoms with van der Waals surface area (Å²) in [7, 11) is 4.49. The molecule has 0 spiro atoms. The first-order chi connectivity index (χ1) is 14.1. The number of nitrogens with zero attached hydrogens (tertiary/aromatic N) is 1. The lowest BCUT2D eigenvalue weighted by Gasteiger charge is -2.26. The first kappa shape index (κ1) is 20.9. The number of ether oxygens (including phenoxy) is 4. The average Bonchev–Trinajstić information content (AvgIpc) is 3.26. The smallest absolute Gasteiger partial charge is 0.254 e. The van der Waals surface area contributed by atoms with Gasteiger partial charge in [0, 0.05) is 30.8 Å². The molecule has 7 heteroatoms. The number of amides is 1. The quantitative estimate of drug-likeness (QED) is 0.673. The second-order valence-electron chi connectivity index (χ2n) is 6.83. The second-order valence-corrected chi connectivity index (χ2v) is 6.83. The Morgan fingerprint density at radius 2 is 1.83 bits per heavy atom. The fourth-order valence-corrected chi connectivity index (χ4v) is 3.47. The summed E-state index contributed by atoms with van der Waals surface area (Å²) >= 11 is 0. The predicted molar refractivity (Wildman–Crippen MR) is 106 cm³/mol. The van der Waals surface area contributed by atoms with E-state index in [1.807, 2.05) is 0 Å². The van der Waals surface area contributed by atoms with Crippen LogP contribution in [0.4, 0.5) is 4.39 Å². The van der Waals surface area contributed by atoms with E-state index in [-0.39, 0.29) is 24.4 Å². The summed E-state index contributed by atoms with van der Waals surface area (Å²) < 4.78 is 36.0. The van der Waals surface area contributed by atoms with Crippen molar-refractivity contribution in [3.05, 3.63) is 53.3 Å². The molecule has 1 saturated heterocycles. The summed E-state index contributed by atoms with van der Waals surface area (Å²) in [5, 5.41) is 0. The molecule has 0 aliphatic carbocycles. The summed E-state index contributed by atoms with van der Waals surface area (Å²) in [5.41, 5.74) is 0.820. The van der Waals surface area contributed by atoms with Gasteiger partial charge in [-0.15, -0.1) is 0 Å². The molecule has 2 aromatic carbocycles. The van der Waals surface area contributed by atoms with Crippen molar-refractivity contribution in [3.63, 3.8) is 0 Å². The number of carbonyl (C=O) groups excluding carboxylic acids is 1. The average molecular weight is 403 g/mol. The van der Waals surface area contributed by atoms with Crippen LogP contribution in [0.2, 0.25) is 0 Å². The Labute approximate surface area is 170 Å². The van der Waals surface area contributed by atoms with E-state index in [0.717, 1.165) is 12.8 Å². The molecule has 1 aliphatic rings. The van der Waals surface area contributed by atoms with Crippen LogP contribution in [0.5, 0.6) is 17.2 Å². The van der Waals surface area contributed by atoms with Gasteiger partial charge in [0.2, 0.25) is 5.75 Å². The van der Waals surface area contributed by atoms with Crippen LogP contribution in [0.15, 0.2) is 36.4 Å². The first-order valence-electron chi connectivity index (χ1n) is 9.51. The van der Waals surface area contributed by atoms with Crippen molar-refractivity contribution in [3.8, 4) is 17.2 Å². The maximum Gasteiger partial charge on any atom is 0.254 e. The molecule has 0 saturated carbocycles. The van der Waals surface area contributed by atoms with Crippen LogP contribution < -0.4 is 14.2 Å². The number of benzene rings is 2. The molecular weight excluding hydrogens is 377 g/mol. The SMILES string of the molecule is COc1cc(C(=O)N(Cc2ccccc2F)CC2CCCO2)cc(OC)c1OC. The largest absolute Gasteiger partial charge is 0.493 e. The number of hydrogen-bond acceptors (Lipinski definition) is 5. The lowest BCUT2D eigenvalue weighted by molar-refractivity contribution is 0.0504. The lowest BCUT2D eigenvalue weighted by Crippen LogP contribution is -2.37. The standard InChI is InChI=1S/C22H26FNO5/c1-26-19-11-16(12-20(27-2)21(19)28-3)22(25)24(14-17-8-6-10-29-17)13-15-7-4-5-9-18(15)23/h4-5,7,9,11-12,17H,6,8,10,13-14H2,1-3H3. The zero-order valence-electron chi connectivity index (χ0n) is 16.9. The summed E-state index contributed by atoms with van der Waals surface area (Å²) in [6.07, 6.45) is 1.76. The van der Waals surface area contributed by atoms with Crippen molar-refractivity contribution >= 4 is 5.91 Å². The normalized spacial score (nSPS) is 15.8. The van der Waals surface area contributed by atoms with E-state index < -0.39 is 0 Å². The van der Waals surface area contributed by atoms with Gasteiger partial charge in [0.05, 0.1) is 27.4 Å².